The Labute approximate surface area is 131 Å². The molecule has 0 aliphatic heterocycles. The molecule has 0 spiro atoms. The quantitative estimate of drug-likeness (QED) is 0.462. The molecule has 8 heteroatoms. The number of aromatic nitrogens is 1. The van der Waals surface area contributed by atoms with E-state index in [9.17, 15) is 15.2 Å². The van der Waals surface area contributed by atoms with Gasteiger partial charge in [0.05, 0.1) is 16.9 Å². The first-order valence-electron chi connectivity index (χ1n) is 6.45. The predicted octanol–water partition coefficient (Wildman–Crippen LogP) is 2.79. The summed E-state index contributed by atoms with van der Waals surface area (Å²) in [7, 11) is 0. The van der Waals surface area contributed by atoms with E-state index in [1.54, 1.807) is 24.3 Å². The van der Waals surface area contributed by atoms with E-state index in [1.807, 2.05) is 0 Å². The van der Waals surface area contributed by atoms with Crippen molar-refractivity contribution >= 4 is 23.0 Å². The molecule has 0 amide bonds. The van der Waals surface area contributed by atoms with E-state index in [0.717, 1.165) is 0 Å². The Morgan fingerprint density at radius 1 is 1.41 bits per heavy atom. The van der Waals surface area contributed by atoms with Gasteiger partial charge in [-0.15, -0.1) is 11.6 Å². The van der Waals surface area contributed by atoms with Crippen LogP contribution in [0.2, 0.25) is 0 Å². The van der Waals surface area contributed by atoms with Crippen LogP contribution in [-0.4, -0.2) is 33.5 Å². The van der Waals surface area contributed by atoms with Gasteiger partial charge in [0.1, 0.15) is 5.75 Å². The van der Waals surface area contributed by atoms with Gasteiger partial charge in [-0.25, -0.2) is 4.98 Å². The fraction of sp³-hybridized carbons (Fsp3) is 0.214. The van der Waals surface area contributed by atoms with Crippen LogP contribution < -0.4 is 10.1 Å². The molecule has 1 aromatic heterocycles. The molecule has 0 saturated heterocycles. The highest BCUT2D eigenvalue weighted by Gasteiger charge is 2.16. The number of aliphatic hydroxyl groups is 1. The Balaban J connectivity index is 2.12. The lowest BCUT2D eigenvalue weighted by Gasteiger charge is -2.11. The molecule has 1 unspecified atom stereocenters. The van der Waals surface area contributed by atoms with Crippen molar-refractivity contribution in [2.24, 2.45) is 0 Å². The smallest absolute Gasteiger partial charge is 0.331 e. The third-order valence-electron chi connectivity index (χ3n) is 2.72. The number of anilines is 1. The van der Waals surface area contributed by atoms with Crippen molar-refractivity contribution in [3.05, 3.63) is 52.7 Å². The van der Waals surface area contributed by atoms with Gasteiger partial charge in [0.15, 0.2) is 0 Å². The third-order valence-corrected chi connectivity index (χ3v) is 3.07. The maximum absolute atomic E-state index is 10.9. The first kappa shape index (κ1) is 16.0. The molecule has 22 heavy (non-hydrogen) atoms. The summed E-state index contributed by atoms with van der Waals surface area (Å²) >= 11 is 5.52. The second-order valence-corrected chi connectivity index (χ2v) is 4.71. The van der Waals surface area contributed by atoms with Gasteiger partial charge < -0.3 is 15.2 Å². The first-order valence-corrected chi connectivity index (χ1v) is 6.99. The number of alkyl halides is 1. The van der Waals surface area contributed by atoms with Gasteiger partial charge in [-0.2, -0.15) is 0 Å². The zero-order valence-corrected chi connectivity index (χ0v) is 12.2. The van der Waals surface area contributed by atoms with Crippen molar-refractivity contribution in [1.82, 2.24) is 4.98 Å². The van der Waals surface area contributed by atoms with Crippen LogP contribution in [0.5, 0.6) is 11.6 Å². The SMILES string of the molecule is O=[N+]([O-])c1cccnc1Oc1cccc(NCC(O)CCl)c1. The third kappa shape index (κ3) is 4.31. The molecule has 1 atom stereocenters. The summed E-state index contributed by atoms with van der Waals surface area (Å²) in [6.07, 6.45) is 0.754. The van der Waals surface area contributed by atoms with Gasteiger partial charge in [-0.1, -0.05) is 6.07 Å². The number of nitrogens with one attached hydrogen (secondary N) is 1. The summed E-state index contributed by atoms with van der Waals surface area (Å²) in [6, 6.07) is 9.60. The fourth-order valence-electron chi connectivity index (χ4n) is 1.67. The number of pyridine rings is 1. The molecule has 0 radical (unpaired) electrons. The van der Waals surface area contributed by atoms with E-state index < -0.39 is 11.0 Å². The monoisotopic (exact) mass is 323 g/mol. The Kier molecular flexibility index (Phi) is 5.51. The fourth-order valence-corrected chi connectivity index (χ4v) is 1.78. The number of aliphatic hydroxyl groups excluding tert-OH is 1. The van der Waals surface area contributed by atoms with Gasteiger partial charge in [-0.3, -0.25) is 10.1 Å². The van der Waals surface area contributed by atoms with Crippen LogP contribution in [0.4, 0.5) is 11.4 Å². The first-order chi connectivity index (χ1) is 10.6. The average Bonchev–Trinajstić information content (AvgIpc) is 2.53. The van der Waals surface area contributed by atoms with Crippen LogP contribution in [-0.2, 0) is 0 Å². The molecule has 116 valence electrons. The number of hydrogen-bond acceptors (Lipinski definition) is 6. The molecule has 7 nitrogen and oxygen atoms in total. The van der Waals surface area contributed by atoms with Gasteiger partial charge >= 0.3 is 5.69 Å². The van der Waals surface area contributed by atoms with Gasteiger partial charge in [0.2, 0.25) is 0 Å². The number of hydrogen-bond donors (Lipinski definition) is 2. The second-order valence-electron chi connectivity index (χ2n) is 4.40. The van der Waals surface area contributed by atoms with Crippen molar-refractivity contribution in [2.75, 3.05) is 17.7 Å². The van der Waals surface area contributed by atoms with Crippen LogP contribution in [0, 0.1) is 10.1 Å². The number of halogens is 1. The van der Waals surface area contributed by atoms with E-state index in [4.69, 9.17) is 16.3 Å². The highest BCUT2D eigenvalue weighted by Crippen LogP contribution is 2.29. The molecule has 0 fully saturated rings. The number of ether oxygens (including phenoxy) is 1. The molecule has 0 bridgehead atoms. The minimum atomic E-state index is -0.664. The predicted molar refractivity (Wildman–Crippen MR) is 82.6 cm³/mol. The van der Waals surface area contributed by atoms with Crippen molar-refractivity contribution < 1.29 is 14.8 Å². The Morgan fingerprint density at radius 2 is 2.23 bits per heavy atom. The number of nitrogens with zero attached hydrogens (tertiary/aromatic N) is 2. The van der Waals surface area contributed by atoms with Crippen LogP contribution in [0.3, 0.4) is 0 Å². The van der Waals surface area contributed by atoms with E-state index >= 15 is 0 Å². The van der Waals surface area contributed by atoms with Crippen molar-refractivity contribution in [3.8, 4) is 11.6 Å². The normalized spacial score (nSPS) is 11.7. The molecule has 2 aromatic rings. The highest BCUT2D eigenvalue weighted by atomic mass is 35.5. The second kappa shape index (κ2) is 7.58. The standard InChI is InChI=1S/C14H14ClN3O4/c15-8-11(19)9-17-10-3-1-4-12(7-10)22-14-13(18(20)21)5-2-6-16-14/h1-7,11,17,19H,8-9H2. The summed E-state index contributed by atoms with van der Waals surface area (Å²) in [6.45, 7) is 0.288. The summed E-state index contributed by atoms with van der Waals surface area (Å²) in [5.74, 6) is 0.446. The van der Waals surface area contributed by atoms with Gasteiger partial charge in [0.25, 0.3) is 5.88 Å². The zero-order chi connectivity index (χ0) is 15.9. The molecular weight excluding hydrogens is 310 g/mol. The van der Waals surface area contributed by atoms with Crippen molar-refractivity contribution in [2.45, 2.75) is 6.10 Å². The summed E-state index contributed by atoms with van der Waals surface area (Å²) < 4.78 is 5.46. The van der Waals surface area contributed by atoms with Crippen LogP contribution >= 0.6 is 11.6 Å². The number of nitro groups is 1. The minimum absolute atomic E-state index is 0.0783. The molecule has 2 rings (SSSR count). The molecule has 0 aliphatic rings. The summed E-state index contributed by atoms with van der Waals surface area (Å²) in [5, 5.41) is 23.3. The largest absolute Gasteiger partial charge is 0.434 e. The van der Waals surface area contributed by atoms with E-state index in [2.05, 4.69) is 10.3 Å². The van der Waals surface area contributed by atoms with E-state index in [0.29, 0.717) is 11.4 Å². The van der Waals surface area contributed by atoms with Crippen LogP contribution in [0.15, 0.2) is 42.6 Å². The molecule has 2 N–H and O–H groups in total. The lowest BCUT2D eigenvalue weighted by Crippen LogP contribution is -2.20. The molecule has 0 aliphatic carbocycles. The highest BCUT2D eigenvalue weighted by molar-refractivity contribution is 6.18. The Hall–Kier alpha value is -2.38. The van der Waals surface area contributed by atoms with Crippen LogP contribution in [0.25, 0.3) is 0 Å². The van der Waals surface area contributed by atoms with Crippen molar-refractivity contribution in [1.29, 1.82) is 0 Å². The van der Waals surface area contributed by atoms with Crippen molar-refractivity contribution in [3.63, 3.8) is 0 Å². The minimum Gasteiger partial charge on any atom is -0.434 e. The van der Waals surface area contributed by atoms with Gasteiger partial charge in [0, 0.05) is 30.6 Å². The lowest BCUT2D eigenvalue weighted by atomic mass is 10.3. The summed E-state index contributed by atoms with van der Waals surface area (Å²) in [5.41, 5.74) is 0.485. The van der Waals surface area contributed by atoms with Crippen LogP contribution in [0.1, 0.15) is 0 Å². The number of rotatable bonds is 7. The maximum Gasteiger partial charge on any atom is 0.331 e. The molecular formula is C14H14ClN3O4. The van der Waals surface area contributed by atoms with E-state index in [1.165, 1.54) is 18.3 Å². The van der Waals surface area contributed by atoms with Gasteiger partial charge in [-0.05, 0) is 18.2 Å². The molecule has 1 heterocycles. The Morgan fingerprint density at radius 3 is 2.95 bits per heavy atom. The van der Waals surface area contributed by atoms with E-state index in [-0.39, 0.29) is 24.0 Å². The summed E-state index contributed by atoms with van der Waals surface area (Å²) in [4.78, 5) is 14.2. The lowest BCUT2D eigenvalue weighted by molar-refractivity contribution is -0.386. The molecule has 1 aromatic carbocycles. The zero-order valence-electron chi connectivity index (χ0n) is 11.5. The topological polar surface area (TPSA) is 97.5 Å². The number of benzene rings is 1. The average molecular weight is 324 g/mol. The maximum atomic E-state index is 10.9. The molecule has 0 saturated carbocycles. The Bertz CT molecular complexity index is 653.